The lowest BCUT2D eigenvalue weighted by atomic mass is 10.1. The van der Waals surface area contributed by atoms with Crippen LogP contribution < -0.4 is 15.5 Å². The number of benzene rings is 1. The number of anilines is 1. The summed E-state index contributed by atoms with van der Waals surface area (Å²) in [5, 5.41) is 6.69. The Labute approximate surface area is 202 Å². The second-order valence-electron chi connectivity index (χ2n) is 7.26. The number of nitrogens with zero attached hydrogens (tertiary/aromatic N) is 3. The van der Waals surface area contributed by atoms with Gasteiger partial charge in [-0.1, -0.05) is 6.07 Å². The van der Waals surface area contributed by atoms with Gasteiger partial charge in [-0.2, -0.15) is 0 Å². The maximum absolute atomic E-state index is 14.5. The monoisotopic (exact) mass is 549 g/mol. The van der Waals surface area contributed by atoms with Crippen LogP contribution in [-0.2, 0) is 11.3 Å². The van der Waals surface area contributed by atoms with Crippen molar-refractivity contribution >= 4 is 41.7 Å². The van der Waals surface area contributed by atoms with E-state index in [1.165, 1.54) is 0 Å². The third-order valence-electron chi connectivity index (χ3n) is 5.24. The van der Waals surface area contributed by atoms with Crippen LogP contribution in [0.1, 0.15) is 46.1 Å². The molecule has 2 rings (SSSR count). The number of guanidine groups is 1. The Kier molecular flexibility index (Phi) is 12.6. The molecule has 1 heterocycles. The summed E-state index contributed by atoms with van der Waals surface area (Å²) in [5.41, 5.74) is 1.46. The Balaban J connectivity index is 0.00000480. The summed E-state index contributed by atoms with van der Waals surface area (Å²) in [6.45, 7) is 12.3. The number of ether oxygens (including phenoxy) is 1. The molecule has 0 bridgehead atoms. The number of nitrogens with one attached hydrogen (secondary N) is 2. The molecule has 0 aliphatic carbocycles. The van der Waals surface area contributed by atoms with E-state index in [0.29, 0.717) is 37.9 Å². The molecule has 0 radical (unpaired) electrons. The van der Waals surface area contributed by atoms with Gasteiger partial charge in [0, 0.05) is 38.8 Å². The average molecular weight is 549 g/mol. The molecule has 0 saturated carbocycles. The largest absolute Gasteiger partial charge is 0.450 e. The maximum atomic E-state index is 14.5. The standard InChI is InChI=1S/C22H36FN5O2.HI/c1-5-24-21(26-18-11-13-28(14-12-18)22(29)30-8-4)25-16-17-9-10-20(19(23)15-17)27(6-2)7-3;/h9-10,15,18H,5-8,11-14,16H2,1-4H3,(H2,24,25,26);1H. The highest BCUT2D eigenvalue weighted by molar-refractivity contribution is 14.0. The first kappa shape index (κ1) is 27.3. The van der Waals surface area contributed by atoms with Crippen molar-refractivity contribution in [1.82, 2.24) is 15.5 Å². The van der Waals surface area contributed by atoms with Crippen LogP contribution in [-0.4, -0.2) is 62.3 Å². The van der Waals surface area contributed by atoms with E-state index in [-0.39, 0.29) is 41.9 Å². The third-order valence-corrected chi connectivity index (χ3v) is 5.24. The first-order valence-corrected chi connectivity index (χ1v) is 11.0. The molecule has 0 spiro atoms. The number of rotatable bonds is 8. The molecule has 1 saturated heterocycles. The van der Waals surface area contributed by atoms with Gasteiger partial charge in [-0.3, -0.25) is 0 Å². The van der Waals surface area contributed by atoms with Gasteiger partial charge in [-0.05, 0) is 58.2 Å². The predicted octanol–water partition coefficient (Wildman–Crippen LogP) is 3.97. The lowest BCUT2D eigenvalue weighted by Gasteiger charge is -2.32. The summed E-state index contributed by atoms with van der Waals surface area (Å²) in [4.78, 5) is 20.2. The summed E-state index contributed by atoms with van der Waals surface area (Å²) < 4.78 is 19.6. The molecule has 7 nitrogen and oxygen atoms in total. The Bertz CT molecular complexity index is 707. The minimum absolute atomic E-state index is 0. The lowest BCUT2D eigenvalue weighted by Crippen LogP contribution is -2.49. The molecule has 1 aromatic rings. The first-order chi connectivity index (χ1) is 14.5. The van der Waals surface area contributed by atoms with Gasteiger partial charge in [-0.15, -0.1) is 24.0 Å². The molecule has 176 valence electrons. The smallest absolute Gasteiger partial charge is 0.409 e. The summed E-state index contributed by atoms with van der Waals surface area (Å²) in [7, 11) is 0. The van der Waals surface area contributed by atoms with Gasteiger partial charge in [0.1, 0.15) is 5.82 Å². The quantitative estimate of drug-likeness (QED) is 0.292. The topological polar surface area (TPSA) is 69.2 Å². The molecule has 1 aliphatic heterocycles. The molecule has 1 amide bonds. The summed E-state index contributed by atoms with van der Waals surface area (Å²) in [5.74, 6) is 0.496. The second kappa shape index (κ2) is 14.3. The lowest BCUT2D eigenvalue weighted by molar-refractivity contribution is 0.0963. The number of likely N-dealkylation sites (tertiary alicyclic amines) is 1. The van der Waals surface area contributed by atoms with Gasteiger partial charge in [0.15, 0.2) is 5.96 Å². The van der Waals surface area contributed by atoms with Crippen molar-refractivity contribution in [3.05, 3.63) is 29.6 Å². The Hall–Kier alpha value is -1.78. The molecule has 0 unspecified atom stereocenters. The maximum Gasteiger partial charge on any atom is 0.409 e. The minimum Gasteiger partial charge on any atom is -0.450 e. The van der Waals surface area contributed by atoms with Crippen molar-refractivity contribution in [1.29, 1.82) is 0 Å². The number of halogens is 2. The van der Waals surface area contributed by atoms with Crippen molar-refractivity contribution in [2.75, 3.05) is 44.2 Å². The molecular weight excluding hydrogens is 512 g/mol. The van der Waals surface area contributed by atoms with Crippen LogP contribution in [0.3, 0.4) is 0 Å². The summed E-state index contributed by atoms with van der Waals surface area (Å²) in [6.07, 6.45) is 1.42. The fourth-order valence-electron chi connectivity index (χ4n) is 3.57. The number of carbonyl (C=O) groups excluding carboxylic acids is 1. The van der Waals surface area contributed by atoms with Crippen LogP contribution in [0.4, 0.5) is 14.9 Å². The highest BCUT2D eigenvalue weighted by Crippen LogP contribution is 2.20. The second-order valence-corrected chi connectivity index (χ2v) is 7.26. The Morgan fingerprint density at radius 1 is 1.23 bits per heavy atom. The highest BCUT2D eigenvalue weighted by atomic mass is 127. The number of aliphatic imine (C=N–C) groups is 1. The van der Waals surface area contributed by atoms with E-state index < -0.39 is 0 Å². The zero-order chi connectivity index (χ0) is 21.9. The average Bonchev–Trinajstić information content (AvgIpc) is 2.75. The van der Waals surface area contributed by atoms with Crippen LogP contribution in [0.2, 0.25) is 0 Å². The summed E-state index contributed by atoms with van der Waals surface area (Å²) in [6, 6.07) is 5.56. The summed E-state index contributed by atoms with van der Waals surface area (Å²) >= 11 is 0. The zero-order valence-corrected chi connectivity index (χ0v) is 21.4. The third kappa shape index (κ3) is 8.34. The van der Waals surface area contributed by atoms with E-state index in [2.05, 4.69) is 15.6 Å². The molecule has 1 fully saturated rings. The van der Waals surface area contributed by atoms with E-state index in [4.69, 9.17) is 4.74 Å². The van der Waals surface area contributed by atoms with Crippen molar-refractivity contribution in [3.63, 3.8) is 0 Å². The highest BCUT2D eigenvalue weighted by Gasteiger charge is 2.24. The number of hydrogen-bond donors (Lipinski definition) is 2. The van der Waals surface area contributed by atoms with Gasteiger partial charge >= 0.3 is 6.09 Å². The number of amides is 1. The fraction of sp³-hybridized carbons (Fsp3) is 0.636. The van der Waals surface area contributed by atoms with E-state index in [1.807, 2.05) is 44.7 Å². The van der Waals surface area contributed by atoms with E-state index in [1.54, 1.807) is 11.0 Å². The molecule has 1 aliphatic rings. The van der Waals surface area contributed by atoms with Crippen molar-refractivity contribution < 1.29 is 13.9 Å². The Morgan fingerprint density at radius 2 is 1.90 bits per heavy atom. The van der Waals surface area contributed by atoms with Crippen LogP contribution >= 0.6 is 24.0 Å². The van der Waals surface area contributed by atoms with Crippen molar-refractivity contribution in [3.8, 4) is 0 Å². The fourth-order valence-corrected chi connectivity index (χ4v) is 3.57. The van der Waals surface area contributed by atoms with Gasteiger partial charge in [-0.25, -0.2) is 14.2 Å². The number of hydrogen-bond acceptors (Lipinski definition) is 4. The van der Waals surface area contributed by atoms with E-state index in [0.717, 1.165) is 38.0 Å². The predicted molar refractivity (Wildman–Crippen MR) is 135 cm³/mol. The van der Waals surface area contributed by atoms with Crippen molar-refractivity contribution in [2.45, 2.75) is 53.1 Å². The molecule has 0 atom stereocenters. The van der Waals surface area contributed by atoms with Crippen LogP contribution in [0.25, 0.3) is 0 Å². The molecule has 31 heavy (non-hydrogen) atoms. The molecule has 2 N–H and O–H groups in total. The molecule has 1 aromatic carbocycles. The normalized spacial score (nSPS) is 14.6. The SMILES string of the molecule is CCNC(=NCc1ccc(N(CC)CC)c(F)c1)NC1CCN(C(=O)OCC)CC1.I. The molecular formula is C22H37FIN5O2. The van der Waals surface area contributed by atoms with Gasteiger partial charge in [0.2, 0.25) is 0 Å². The molecule has 9 heteroatoms. The minimum atomic E-state index is -0.244. The number of piperidine rings is 1. The van der Waals surface area contributed by atoms with Gasteiger partial charge in [0.05, 0.1) is 18.8 Å². The number of carbonyl (C=O) groups is 1. The zero-order valence-electron chi connectivity index (χ0n) is 19.1. The van der Waals surface area contributed by atoms with E-state index >= 15 is 0 Å². The van der Waals surface area contributed by atoms with Crippen LogP contribution in [0, 0.1) is 5.82 Å². The van der Waals surface area contributed by atoms with Crippen LogP contribution in [0.15, 0.2) is 23.2 Å². The van der Waals surface area contributed by atoms with Gasteiger partial charge < -0.3 is 25.2 Å². The first-order valence-electron chi connectivity index (χ1n) is 11.0. The molecule has 0 aromatic heterocycles. The van der Waals surface area contributed by atoms with Crippen molar-refractivity contribution in [2.24, 2.45) is 4.99 Å². The van der Waals surface area contributed by atoms with Crippen LogP contribution in [0.5, 0.6) is 0 Å². The van der Waals surface area contributed by atoms with E-state index in [9.17, 15) is 9.18 Å². The Morgan fingerprint density at radius 3 is 2.45 bits per heavy atom. The van der Waals surface area contributed by atoms with Gasteiger partial charge in [0.25, 0.3) is 0 Å².